The number of pyridine rings is 1. The van der Waals surface area contributed by atoms with Crippen molar-refractivity contribution in [1.29, 1.82) is 0 Å². The first-order chi connectivity index (χ1) is 13.4. The molecule has 0 fully saturated rings. The van der Waals surface area contributed by atoms with E-state index in [1.54, 1.807) is 12.1 Å². The average molecular weight is 435 g/mol. The molecule has 140 valence electrons. The molecule has 1 aliphatic heterocycles. The molecule has 2 heterocycles. The molecule has 3 aromatic carbocycles. The van der Waals surface area contributed by atoms with Gasteiger partial charge in [-0.2, -0.15) is 0 Å². The van der Waals surface area contributed by atoms with Crippen LogP contribution in [0, 0.1) is 12.7 Å². The Balaban J connectivity index is 2.04. The van der Waals surface area contributed by atoms with Crippen molar-refractivity contribution in [2.75, 3.05) is 0 Å². The van der Waals surface area contributed by atoms with E-state index in [1.807, 2.05) is 6.07 Å². The van der Waals surface area contributed by atoms with Crippen molar-refractivity contribution >= 4 is 32.7 Å². The monoisotopic (exact) mass is 436 g/mol. The predicted octanol–water partition coefficient (Wildman–Crippen LogP) is 4.58. The van der Waals surface area contributed by atoms with E-state index in [1.165, 1.54) is 47.8 Å². The Labute approximate surface area is 167 Å². The van der Waals surface area contributed by atoms with E-state index in [2.05, 4.69) is 78.7 Å². The number of fused-ring (bicyclic) bond motifs is 5. The number of rotatable bonds is 1. The summed E-state index contributed by atoms with van der Waals surface area (Å²) in [5, 5.41) is 1.26. The third-order valence-electron chi connectivity index (χ3n) is 5.99. The molecule has 0 atom stereocenters. The summed E-state index contributed by atoms with van der Waals surface area (Å²) in [7, 11) is 2.17. The number of halogens is 1. The third-order valence-corrected chi connectivity index (χ3v) is 12.0. The first-order valence-electron chi connectivity index (χ1n) is 9.45. The summed E-state index contributed by atoms with van der Waals surface area (Å²) >= 11 is -2.30. The second-order valence-electron chi connectivity index (χ2n) is 7.91. The molecule has 5 rings (SSSR count). The van der Waals surface area contributed by atoms with E-state index < -0.39 is 12.8 Å². The number of hydrogen-bond donors (Lipinski definition) is 0. The summed E-state index contributed by atoms with van der Waals surface area (Å²) in [6, 6.07) is 22.6. The van der Waals surface area contributed by atoms with Gasteiger partial charge in [-0.15, -0.1) is 0 Å². The minimum atomic E-state index is -2.30. The fourth-order valence-corrected chi connectivity index (χ4v) is 10.5. The van der Waals surface area contributed by atoms with Crippen molar-refractivity contribution in [3.8, 4) is 22.4 Å². The van der Waals surface area contributed by atoms with E-state index in [0.29, 0.717) is 0 Å². The van der Waals surface area contributed by atoms with Gasteiger partial charge >= 0.3 is 168 Å². The van der Waals surface area contributed by atoms with Crippen LogP contribution in [0.25, 0.3) is 33.3 Å². The van der Waals surface area contributed by atoms with Crippen LogP contribution in [0.3, 0.4) is 0 Å². The van der Waals surface area contributed by atoms with Crippen LogP contribution in [0.1, 0.15) is 5.56 Å². The van der Waals surface area contributed by atoms with Crippen molar-refractivity contribution in [3.63, 3.8) is 0 Å². The van der Waals surface area contributed by atoms with Gasteiger partial charge in [0.05, 0.1) is 0 Å². The van der Waals surface area contributed by atoms with E-state index in [-0.39, 0.29) is 5.82 Å². The maximum absolute atomic E-state index is 14.2. The zero-order chi connectivity index (χ0) is 19.6. The summed E-state index contributed by atoms with van der Waals surface area (Å²) < 4.78 is 19.2. The second-order valence-corrected chi connectivity index (χ2v) is 15.3. The molecule has 4 aromatic rings. The molecule has 1 aromatic heterocycles. The van der Waals surface area contributed by atoms with Gasteiger partial charge < -0.3 is 0 Å². The number of para-hydroxylation sites is 1. The molecule has 1 aliphatic rings. The Morgan fingerprint density at radius 1 is 0.857 bits per heavy atom. The topological polar surface area (TPSA) is 3.88 Å². The first-order valence-corrected chi connectivity index (χ1v) is 14.6. The van der Waals surface area contributed by atoms with Crippen molar-refractivity contribution in [3.05, 3.63) is 78.1 Å². The predicted molar refractivity (Wildman–Crippen MR) is 117 cm³/mol. The van der Waals surface area contributed by atoms with Gasteiger partial charge in [-0.05, 0) is 0 Å². The number of hydrogen-bond acceptors (Lipinski definition) is 0. The molecule has 3 heteroatoms. The normalized spacial score (nSPS) is 15.3. The van der Waals surface area contributed by atoms with Gasteiger partial charge in [0.25, 0.3) is 0 Å². The summed E-state index contributed by atoms with van der Waals surface area (Å²) in [5.41, 5.74) is 7.56. The average Bonchev–Trinajstić information content (AvgIpc) is 2.91. The number of nitrogens with zero attached hydrogens (tertiary/aromatic N) is 1. The number of aromatic nitrogens is 1. The third kappa shape index (κ3) is 2.27. The van der Waals surface area contributed by atoms with Crippen molar-refractivity contribution in [2.24, 2.45) is 7.05 Å². The Morgan fingerprint density at radius 3 is 2.36 bits per heavy atom. The standard InChI is InChI=1S/C25H23FNSe/c1-16-9-5-6-10-18(16)24-25-23(19-11-7-8-12-21(19)27(24)2)20-14-13-17(26)15-22(20)28(25,3)4/h5-15H,1-4H3/q+1. The second kappa shape index (κ2) is 6.01. The quantitative estimate of drug-likeness (QED) is 0.304. The Kier molecular flexibility index (Phi) is 3.78. The zero-order valence-corrected chi connectivity index (χ0v) is 18.3. The molecule has 0 saturated heterocycles. The molecular formula is C25H23FNSe+. The zero-order valence-electron chi connectivity index (χ0n) is 16.6. The minimum absolute atomic E-state index is 0.136. The van der Waals surface area contributed by atoms with Gasteiger partial charge in [0.15, 0.2) is 0 Å². The summed E-state index contributed by atoms with van der Waals surface area (Å²) in [4.78, 5) is 0. The van der Waals surface area contributed by atoms with Crippen molar-refractivity contribution in [1.82, 2.24) is 0 Å². The van der Waals surface area contributed by atoms with Crippen LogP contribution >= 0.6 is 0 Å². The molecule has 0 radical (unpaired) electrons. The van der Waals surface area contributed by atoms with E-state index >= 15 is 0 Å². The number of benzene rings is 3. The molecule has 0 bridgehead atoms. The molecule has 0 amide bonds. The Morgan fingerprint density at radius 2 is 1.57 bits per heavy atom. The Hall–Kier alpha value is -2.48. The molecule has 0 spiro atoms. The van der Waals surface area contributed by atoms with Crippen LogP contribution in [-0.2, 0) is 7.05 Å². The number of aryl methyl sites for hydroxylation is 2. The molecular weight excluding hydrogens is 412 g/mol. The molecule has 28 heavy (non-hydrogen) atoms. The SMILES string of the molecule is Cc1ccccc1-c1c2c(c3ccccc3[n+]1C)-c1ccc(F)cc1[Se]2(C)C. The van der Waals surface area contributed by atoms with Gasteiger partial charge in [0.2, 0.25) is 0 Å². The van der Waals surface area contributed by atoms with Crippen LogP contribution in [0.2, 0.25) is 11.6 Å². The van der Waals surface area contributed by atoms with Gasteiger partial charge in [-0.1, -0.05) is 0 Å². The fourth-order valence-electron chi connectivity index (χ4n) is 4.63. The molecule has 0 saturated carbocycles. The summed E-state index contributed by atoms with van der Waals surface area (Å²) in [5.74, 6) is 4.61. The van der Waals surface area contributed by atoms with Gasteiger partial charge in [0.1, 0.15) is 0 Å². The van der Waals surface area contributed by atoms with Crippen molar-refractivity contribution in [2.45, 2.75) is 18.6 Å². The first kappa shape index (κ1) is 17.6. The summed E-state index contributed by atoms with van der Waals surface area (Å²) in [6.07, 6.45) is 0. The van der Waals surface area contributed by atoms with Crippen LogP contribution in [0.4, 0.5) is 4.39 Å². The Bertz CT molecular complexity index is 1270. The van der Waals surface area contributed by atoms with E-state index in [9.17, 15) is 4.39 Å². The summed E-state index contributed by atoms with van der Waals surface area (Å²) in [6.45, 7) is 2.18. The van der Waals surface area contributed by atoms with E-state index in [4.69, 9.17) is 0 Å². The van der Waals surface area contributed by atoms with Crippen LogP contribution < -0.4 is 13.5 Å². The maximum atomic E-state index is 14.2. The fraction of sp³-hybridized carbons (Fsp3) is 0.160. The molecule has 1 nitrogen and oxygen atoms in total. The van der Waals surface area contributed by atoms with E-state index in [0.717, 1.165) is 0 Å². The molecule has 0 unspecified atom stereocenters. The van der Waals surface area contributed by atoms with Crippen LogP contribution in [0.5, 0.6) is 0 Å². The van der Waals surface area contributed by atoms with Crippen molar-refractivity contribution < 1.29 is 8.96 Å². The van der Waals surface area contributed by atoms with Crippen LogP contribution in [-0.4, -0.2) is 12.8 Å². The van der Waals surface area contributed by atoms with Gasteiger partial charge in [-0.3, -0.25) is 0 Å². The molecule has 0 N–H and O–H groups in total. The molecule has 0 aliphatic carbocycles. The van der Waals surface area contributed by atoms with Crippen LogP contribution in [0.15, 0.2) is 66.7 Å². The van der Waals surface area contributed by atoms with Gasteiger partial charge in [0, 0.05) is 0 Å². The van der Waals surface area contributed by atoms with Gasteiger partial charge in [-0.25, -0.2) is 0 Å².